The van der Waals surface area contributed by atoms with Gasteiger partial charge in [0, 0.05) is 39.0 Å². The third-order valence-electron chi connectivity index (χ3n) is 4.05. The Hall–Kier alpha value is -1.34. The summed E-state index contributed by atoms with van der Waals surface area (Å²) < 4.78 is 10.4. The smallest absolute Gasteiger partial charge is 0.315 e. The Bertz CT molecular complexity index is 349. The largest absolute Gasteiger partial charge is 0.481 e. The molecule has 20 heavy (non-hydrogen) atoms. The first-order valence-electron chi connectivity index (χ1n) is 7.06. The summed E-state index contributed by atoms with van der Waals surface area (Å²) in [4.78, 5) is 23.3. The van der Waals surface area contributed by atoms with Gasteiger partial charge in [0.2, 0.25) is 0 Å². The Morgan fingerprint density at radius 3 is 2.30 bits per heavy atom. The number of hydrogen-bond donors (Lipinski definition) is 3. The van der Waals surface area contributed by atoms with Gasteiger partial charge in [0.05, 0.1) is 5.41 Å². The molecule has 0 aliphatic carbocycles. The zero-order valence-electron chi connectivity index (χ0n) is 11.5. The van der Waals surface area contributed by atoms with Gasteiger partial charge in [-0.2, -0.15) is 0 Å². The topological polar surface area (TPSA) is 96.9 Å². The fourth-order valence-electron chi connectivity index (χ4n) is 2.56. The number of carboxylic acid groups (broad SMARTS) is 1. The van der Waals surface area contributed by atoms with E-state index in [-0.39, 0.29) is 18.6 Å². The second kappa shape index (κ2) is 6.90. The number of rotatable bonds is 4. The highest BCUT2D eigenvalue weighted by Gasteiger charge is 2.40. The molecule has 0 aromatic heterocycles. The second-order valence-electron chi connectivity index (χ2n) is 5.41. The van der Waals surface area contributed by atoms with Gasteiger partial charge in [-0.25, -0.2) is 4.79 Å². The summed E-state index contributed by atoms with van der Waals surface area (Å²) in [5, 5.41) is 14.9. The Morgan fingerprint density at radius 1 is 1.10 bits per heavy atom. The monoisotopic (exact) mass is 286 g/mol. The molecule has 0 aromatic rings. The molecule has 0 atom stereocenters. The van der Waals surface area contributed by atoms with Crippen molar-refractivity contribution in [3.63, 3.8) is 0 Å². The fraction of sp³-hybridized carbons (Fsp3) is 0.846. The summed E-state index contributed by atoms with van der Waals surface area (Å²) in [5.41, 5.74) is -0.898. The first kappa shape index (κ1) is 15.1. The van der Waals surface area contributed by atoms with Crippen molar-refractivity contribution < 1.29 is 24.2 Å². The van der Waals surface area contributed by atoms with E-state index >= 15 is 0 Å². The van der Waals surface area contributed by atoms with Crippen LogP contribution in [0.15, 0.2) is 0 Å². The van der Waals surface area contributed by atoms with Gasteiger partial charge in [-0.05, 0) is 25.7 Å². The van der Waals surface area contributed by atoms with Crippen LogP contribution in [-0.4, -0.2) is 56.1 Å². The molecular formula is C13H22N2O5. The Balaban J connectivity index is 1.79. The first-order chi connectivity index (χ1) is 9.62. The number of ether oxygens (including phenoxy) is 2. The highest BCUT2D eigenvalue weighted by Crippen LogP contribution is 2.30. The standard InChI is InChI=1S/C13H22N2O5/c16-11(17)13(3-7-20-8-4-13)9-14-12(18)15-10-1-5-19-6-2-10/h10H,1-9H2,(H,16,17)(H2,14,15,18). The molecule has 2 fully saturated rings. The minimum absolute atomic E-state index is 0.110. The number of amides is 2. The van der Waals surface area contributed by atoms with Crippen LogP contribution in [0.4, 0.5) is 4.79 Å². The highest BCUT2D eigenvalue weighted by atomic mass is 16.5. The average molecular weight is 286 g/mol. The summed E-state index contributed by atoms with van der Waals surface area (Å²) in [7, 11) is 0. The van der Waals surface area contributed by atoms with Crippen LogP contribution < -0.4 is 10.6 Å². The molecule has 0 saturated carbocycles. The maximum Gasteiger partial charge on any atom is 0.315 e. The lowest BCUT2D eigenvalue weighted by Crippen LogP contribution is -2.51. The molecule has 3 N–H and O–H groups in total. The molecule has 0 spiro atoms. The molecule has 2 aliphatic heterocycles. The predicted octanol–water partition coefficient (Wildman–Crippen LogP) is 0.346. The van der Waals surface area contributed by atoms with Crippen molar-refractivity contribution in [2.45, 2.75) is 31.7 Å². The normalized spacial score (nSPS) is 23.0. The number of nitrogens with one attached hydrogen (secondary N) is 2. The third-order valence-corrected chi connectivity index (χ3v) is 4.05. The predicted molar refractivity (Wildman–Crippen MR) is 70.5 cm³/mol. The highest BCUT2D eigenvalue weighted by molar-refractivity contribution is 5.78. The molecule has 7 nitrogen and oxygen atoms in total. The van der Waals surface area contributed by atoms with E-state index in [0.29, 0.717) is 39.3 Å². The van der Waals surface area contributed by atoms with Gasteiger partial charge in [-0.1, -0.05) is 0 Å². The number of carboxylic acids is 1. The maximum atomic E-state index is 11.8. The van der Waals surface area contributed by atoms with Gasteiger partial charge >= 0.3 is 12.0 Å². The van der Waals surface area contributed by atoms with E-state index in [2.05, 4.69) is 10.6 Å². The lowest BCUT2D eigenvalue weighted by atomic mass is 9.80. The number of hydrogen-bond acceptors (Lipinski definition) is 4. The van der Waals surface area contributed by atoms with Gasteiger partial charge in [0.15, 0.2) is 0 Å². The Labute approximate surface area is 118 Å². The van der Waals surface area contributed by atoms with Crippen molar-refractivity contribution in [3.05, 3.63) is 0 Å². The average Bonchev–Trinajstić information content (AvgIpc) is 2.47. The van der Waals surface area contributed by atoms with Gasteiger partial charge < -0.3 is 25.2 Å². The summed E-state index contributed by atoms with van der Waals surface area (Å²) >= 11 is 0. The molecule has 2 aliphatic rings. The van der Waals surface area contributed by atoms with Crippen molar-refractivity contribution in [3.8, 4) is 0 Å². The molecule has 2 saturated heterocycles. The van der Waals surface area contributed by atoms with E-state index in [4.69, 9.17) is 9.47 Å². The summed E-state index contributed by atoms with van der Waals surface area (Å²) in [6, 6.07) is -0.191. The minimum Gasteiger partial charge on any atom is -0.481 e. The van der Waals surface area contributed by atoms with E-state index in [0.717, 1.165) is 12.8 Å². The molecular weight excluding hydrogens is 264 g/mol. The SMILES string of the molecule is O=C(NCC1(C(=O)O)CCOCC1)NC1CCOCC1. The van der Waals surface area contributed by atoms with Crippen LogP contribution in [0.25, 0.3) is 0 Å². The number of urea groups is 1. The van der Waals surface area contributed by atoms with Crippen LogP contribution in [0.2, 0.25) is 0 Å². The van der Waals surface area contributed by atoms with Crippen molar-refractivity contribution in [1.82, 2.24) is 10.6 Å². The van der Waals surface area contributed by atoms with E-state index < -0.39 is 11.4 Å². The van der Waals surface area contributed by atoms with Crippen molar-refractivity contribution >= 4 is 12.0 Å². The van der Waals surface area contributed by atoms with Gasteiger partial charge in [0.1, 0.15) is 0 Å². The molecule has 0 unspecified atom stereocenters. The zero-order chi connectivity index (χ0) is 14.4. The van der Waals surface area contributed by atoms with Crippen molar-refractivity contribution in [2.24, 2.45) is 5.41 Å². The molecule has 0 radical (unpaired) electrons. The van der Waals surface area contributed by atoms with E-state index in [1.807, 2.05) is 0 Å². The van der Waals surface area contributed by atoms with Crippen LogP contribution in [0.3, 0.4) is 0 Å². The quantitative estimate of drug-likeness (QED) is 0.692. The van der Waals surface area contributed by atoms with Crippen LogP contribution in [-0.2, 0) is 14.3 Å². The third kappa shape index (κ3) is 3.83. The molecule has 2 amide bonds. The summed E-state index contributed by atoms with van der Waals surface area (Å²) in [5.74, 6) is -0.868. The van der Waals surface area contributed by atoms with Gasteiger partial charge in [-0.3, -0.25) is 4.79 Å². The number of carbonyl (C=O) groups excluding carboxylic acids is 1. The van der Waals surface area contributed by atoms with Gasteiger partial charge in [-0.15, -0.1) is 0 Å². The molecule has 7 heteroatoms. The first-order valence-corrected chi connectivity index (χ1v) is 7.06. The maximum absolute atomic E-state index is 11.8. The van der Waals surface area contributed by atoms with E-state index in [1.54, 1.807) is 0 Å². The van der Waals surface area contributed by atoms with Crippen LogP contribution >= 0.6 is 0 Å². The Kier molecular flexibility index (Phi) is 5.19. The van der Waals surface area contributed by atoms with Crippen LogP contribution in [0, 0.1) is 5.41 Å². The number of aliphatic carboxylic acids is 1. The molecule has 2 rings (SSSR count). The fourth-order valence-corrected chi connectivity index (χ4v) is 2.56. The van der Waals surface area contributed by atoms with Crippen LogP contribution in [0.5, 0.6) is 0 Å². The van der Waals surface area contributed by atoms with Crippen molar-refractivity contribution in [1.29, 1.82) is 0 Å². The molecule has 2 heterocycles. The minimum atomic E-state index is -0.898. The van der Waals surface area contributed by atoms with Gasteiger partial charge in [0.25, 0.3) is 0 Å². The van der Waals surface area contributed by atoms with E-state index in [9.17, 15) is 14.7 Å². The molecule has 0 bridgehead atoms. The zero-order valence-corrected chi connectivity index (χ0v) is 11.5. The second-order valence-corrected chi connectivity index (χ2v) is 5.41. The lowest BCUT2D eigenvalue weighted by Gasteiger charge is -2.33. The van der Waals surface area contributed by atoms with E-state index in [1.165, 1.54) is 0 Å². The summed E-state index contributed by atoms with van der Waals surface area (Å²) in [6.07, 6.45) is 2.45. The molecule has 0 aromatic carbocycles. The lowest BCUT2D eigenvalue weighted by molar-refractivity contribution is -0.154. The van der Waals surface area contributed by atoms with Crippen molar-refractivity contribution in [2.75, 3.05) is 33.0 Å². The summed E-state index contributed by atoms with van der Waals surface area (Å²) in [6.45, 7) is 2.30. The Morgan fingerprint density at radius 2 is 1.70 bits per heavy atom. The molecule has 114 valence electrons. The number of carbonyl (C=O) groups is 2. The van der Waals surface area contributed by atoms with Crippen LogP contribution in [0.1, 0.15) is 25.7 Å².